The van der Waals surface area contributed by atoms with Crippen LogP contribution in [-0.4, -0.2) is 24.1 Å². The lowest BCUT2D eigenvalue weighted by Gasteiger charge is -2.08. The molecule has 0 radical (unpaired) electrons. The number of furan rings is 1. The minimum atomic E-state index is 0.0172. The second-order valence-corrected chi connectivity index (χ2v) is 8.21. The van der Waals surface area contributed by atoms with Crippen LogP contribution in [0.15, 0.2) is 77.4 Å². The van der Waals surface area contributed by atoms with E-state index < -0.39 is 0 Å². The molecule has 0 saturated carbocycles. The minimum Gasteiger partial charge on any atom is -0.468 e. The first-order chi connectivity index (χ1) is 15.2. The van der Waals surface area contributed by atoms with Gasteiger partial charge in [-0.2, -0.15) is 0 Å². The maximum Gasteiger partial charge on any atom is 0.230 e. The lowest BCUT2D eigenvalue weighted by atomic mass is 10.1. The molecule has 6 heteroatoms. The zero-order valence-corrected chi connectivity index (χ0v) is 18.3. The highest BCUT2D eigenvalue weighted by atomic mass is 32.2. The highest BCUT2D eigenvalue weighted by molar-refractivity contribution is 7.99. The van der Waals surface area contributed by atoms with E-state index in [-0.39, 0.29) is 11.8 Å². The van der Waals surface area contributed by atoms with Crippen LogP contribution >= 0.6 is 11.8 Å². The lowest BCUT2D eigenvalue weighted by Crippen LogP contribution is -2.26. The van der Waals surface area contributed by atoms with Gasteiger partial charge in [0.25, 0.3) is 0 Å². The molecule has 0 fully saturated rings. The van der Waals surface area contributed by atoms with Gasteiger partial charge in [0.1, 0.15) is 5.76 Å². The average Bonchev–Trinajstić information content (AvgIpc) is 3.30. The van der Waals surface area contributed by atoms with Crippen LogP contribution in [0.5, 0.6) is 0 Å². The Kier molecular flexibility index (Phi) is 9.26. The van der Waals surface area contributed by atoms with Gasteiger partial charge in [-0.05, 0) is 48.2 Å². The maximum atomic E-state index is 12.2. The Morgan fingerprint density at radius 2 is 1.68 bits per heavy atom. The quantitative estimate of drug-likeness (QED) is 0.368. The standard InChI is InChI=1S/C25H28N2O3S/c28-24(27-22-12-7-11-21(17-22)20-9-3-1-4-10-20)14-5-2-6-15-26-25(29)19-31-18-23-13-8-16-30-23/h1,3-4,7-13,16-17H,2,5-6,14-15,18-19H2,(H,26,29)(H,27,28). The Balaban J connectivity index is 1.26. The zero-order valence-electron chi connectivity index (χ0n) is 17.5. The first kappa shape index (κ1) is 22.7. The van der Waals surface area contributed by atoms with E-state index in [1.54, 1.807) is 6.26 Å². The van der Waals surface area contributed by atoms with Crippen LogP contribution in [0.1, 0.15) is 31.4 Å². The van der Waals surface area contributed by atoms with Gasteiger partial charge in [0.05, 0.1) is 17.8 Å². The molecule has 1 heterocycles. The van der Waals surface area contributed by atoms with Gasteiger partial charge in [0.15, 0.2) is 0 Å². The summed E-state index contributed by atoms with van der Waals surface area (Å²) in [5.41, 5.74) is 3.02. The summed E-state index contributed by atoms with van der Waals surface area (Å²) in [6.07, 6.45) is 4.68. The summed E-state index contributed by atoms with van der Waals surface area (Å²) >= 11 is 1.53. The van der Waals surface area contributed by atoms with E-state index in [2.05, 4.69) is 22.8 Å². The molecule has 0 unspecified atom stereocenters. The topological polar surface area (TPSA) is 71.3 Å². The highest BCUT2D eigenvalue weighted by Gasteiger charge is 2.05. The molecule has 5 nitrogen and oxygen atoms in total. The number of carbonyl (C=O) groups excluding carboxylic acids is 2. The Bertz CT molecular complexity index is 942. The molecule has 162 valence electrons. The van der Waals surface area contributed by atoms with Crippen LogP contribution in [0, 0.1) is 0 Å². The van der Waals surface area contributed by atoms with Gasteiger partial charge in [0, 0.05) is 18.7 Å². The van der Waals surface area contributed by atoms with Gasteiger partial charge in [-0.3, -0.25) is 9.59 Å². The third-order valence-corrected chi connectivity index (χ3v) is 5.67. The van der Waals surface area contributed by atoms with E-state index in [1.807, 2.05) is 54.6 Å². The van der Waals surface area contributed by atoms with Crippen molar-refractivity contribution in [2.45, 2.75) is 31.4 Å². The summed E-state index contributed by atoms with van der Waals surface area (Å²) in [6, 6.07) is 21.7. The molecule has 2 aromatic carbocycles. The molecule has 31 heavy (non-hydrogen) atoms. The molecule has 2 amide bonds. The third-order valence-electron chi connectivity index (χ3n) is 4.71. The van der Waals surface area contributed by atoms with Crippen molar-refractivity contribution in [3.05, 3.63) is 78.8 Å². The Hall–Kier alpha value is -2.99. The molecule has 2 N–H and O–H groups in total. The van der Waals surface area contributed by atoms with Gasteiger partial charge < -0.3 is 15.1 Å². The monoisotopic (exact) mass is 436 g/mol. The van der Waals surface area contributed by atoms with Crippen molar-refractivity contribution in [2.24, 2.45) is 0 Å². The number of rotatable bonds is 12. The van der Waals surface area contributed by atoms with Crippen LogP contribution < -0.4 is 10.6 Å². The first-order valence-corrected chi connectivity index (χ1v) is 11.7. The fraction of sp³-hybridized carbons (Fsp3) is 0.280. The summed E-state index contributed by atoms with van der Waals surface area (Å²) in [4.78, 5) is 24.0. The van der Waals surface area contributed by atoms with E-state index in [1.165, 1.54) is 11.8 Å². The third kappa shape index (κ3) is 8.34. The van der Waals surface area contributed by atoms with Crippen molar-refractivity contribution >= 4 is 29.3 Å². The van der Waals surface area contributed by atoms with Gasteiger partial charge in [-0.15, -0.1) is 11.8 Å². The van der Waals surface area contributed by atoms with Gasteiger partial charge in [-0.1, -0.05) is 48.9 Å². The second kappa shape index (κ2) is 12.6. The smallest absolute Gasteiger partial charge is 0.230 e. The molecule has 0 aliphatic carbocycles. The Labute approximate surface area is 187 Å². The van der Waals surface area contributed by atoms with Crippen molar-refractivity contribution in [1.29, 1.82) is 0 Å². The van der Waals surface area contributed by atoms with Crippen molar-refractivity contribution in [2.75, 3.05) is 17.6 Å². The van der Waals surface area contributed by atoms with Crippen molar-refractivity contribution < 1.29 is 14.0 Å². The number of amides is 2. The molecule has 0 saturated heterocycles. The van der Waals surface area contributed by atoms with E-state index >= 15 is 0 Å². The normalized spacial score (nSPS) is 10.6. The van der Waals surface area contributed by atoms with Crippen LogP contribution in [0.2, 0.25) is 0 Å². The predicted molar refractivity (Wildman–Crippen MR) is 127 cm³/mol. The number of thioether (sulfide) groups is 1. The van der Waals surface area contributed by atoms with E-state index in [0.29, 0.717) is 24.5 Å². The summed E-state index contributed by atoms with van der Waals surface area (Å²) in [7, 11) is 0. The van der Waals surface area contributed by atoms with E-state index in [9.17, 15) is 9.59 Å². The summed E-state index contributed by atoms with van der Waals surface area (Å²) in [6.45, 7) is 0.640. The van der Waals surface area contributed by atoms with Crippen LogP contribution in [0.25, 0.3) is 11.1 Å². The first-order valence-electron chi connectivity index (χ1n) is 10.5. The summed E-state index contributed by atoms with van der Waals surface area (Å²) < 4.78 is 5.24. The highest BCUT2D eigenvalue weighted by Crippen LogP contribution is 2.22. The summed E-state index contributed by atoms with van der Waals surface area (Å²) in [5.74, 6) is 2.05. The molecule has 3 aromatic rings. The number of unbranched alkanes of at least 4 members (excludes halogenated alkanes) is 2. The summed E-state index contributed by atoms with van der Waals surface area (Å²) in [5, 5.41) is 5.90. The minimum absolute atomic E-state index is 0.0172. The number of hydrogen-bond donors (Lipinski definition) is 2. The second-order valence-electron chi connectivity index (χ2n) is 7.23. The van der Waals surface area contributed by atoms with E-state index in [0.717, 1.165) is 41.8 Å². The maximum absolute atomic E-state index is 12.2. The average molecular weight is 437 g/mol. The van der Waals surface area contributed by atoms with E-state index in [4.69, 9.17) is 4.42 Å². The molecule has 0 aliphatic heterocycles. The largest absolute Gasteiger partial charge is 0.468 e. The lowest BCUT2D eigenvalue weighted by molar-refractivity contribution is -0.118. The van der Waals surface area contributed by atoms with Crippen molar-refractivity contribution in [1.82, 2.24) is 5.32 Å². The van der Waals surface area contributed by atoms with Crippen LogP contribution in [0.3, 0.4) is 0 Å². The Morgan fingerprint density at radius 1 is 0.839 bits per heavy atom. The molecule has 3 rings (SSSR count). The molecular weight excluding hydrogens is 408 g/mol. The molecule has 0 bridgehead atoms. The number of nitrogens with one attached hydrogen (secondary N) is 2. The number of hydrogen-bond acceptors (Lipinski definition) is 4. The fourth-order valence-corrected chi connectivity index (χ4v) is 3.89. The fourth-order valence-electron chi connectivity index (χ4n) is 3.14. The van der Waals surface area contributed by atoms with Crippen molar-refractivity contribution in [3.8, 4) is 11.1 Å². The number of anilines is 1. The molecule has 0 aliphatic rings. The van der Waals surface area contributed by atoms with Crippen LogP contribution in [0.4, 0.5) is 5.69 Å². The molecule has 1 aromatic heterocycles. The van der Waals surface area contributed by atoms with Gasteiger partial charge in [0.2, 0.25) is 11.8 Å². The Morgan fingerprint density at radius 3 is 2.48 bits per heavy atom. The predicted octanol–water partition coefficient (Wildman–Crippen LogP) is 5.50. The number of carbonyl (C=O) groups is 2. The van der Waals surface area contributed by atoms with Crippen LogP contribution in [-0.2, 0) is 15.3 Å². The molecule has 0 spiro atoms. The van der Waals surface area contributed by atoms with Gasteiger partial charge >= 0.3 is 0 Å². The van der Waals surface area contributed by atoms with Gasteiger partial charge in [-0.25, -0.2) is 0 Å². The SMILES string of the molecule is O=C(CSCc1ccco1)NCCCCCC(=O)Nc1cccc(-c2ccccc2)c1. The van der Waals surface area contributed by atoms with Crippen molar-refractivity contribution in [3.63, 3.8) is 0 Å². The number of benzene rings is 2. The zero-order chi connectivity index (χ0) is 21.7. The molecule has 0 atom stereocenters. The molecular formula is C25H28N2O3S.